The number of methoxy groups -OCH3 is 2. The van der Waals surface area contributed by atoms with Gasteiger partial charge in [-0.2, -0.15) is 0 Å². The summed E-state index contributed by atoms with van der Waals surface area (Å²) in [4.78, 5) is 11.1. The summed E-state index contributed by atoms with van der Waals surface area (Å²) in [6.45, 7) is 2.52. The molecule has 180 valence electrons. The molecule has 1 aromatic heterocycles. The molecule has 2 atom stereocenters. The Kier molecular flexibility index (Phi) is 7.27. The zero-order valence-corrected chi connectivity index (χ0v) is 20.0. The van der Waals surface area contributed by atoms with Gasteiger partial charge in [0.1, 0.15) is 11.5 Å². The van der Waals surface area contributed by atoms with Crippen LogP contribution in [0.3, 0.4) is 0 Å². The van der Waals surface area contributed by atoms with E-state index in [2.05, 4.69) is 24.3 Å². The third kappa shape index (κ3) is 5.28. The second-order valence-electron chi connectivity index (χ2n) is 9.32. The van der Waals surface area contributed by atoms with Crippen LogP contribution in [0.4, 0.5) is 0 Å². The fraction of sp³-hybridized carbons (Fsp3) is 0.393. The minimum absolute atomic E-state index is 0.00941. The van der Waals surface area contributed by atoms with Crippen molar-refractivity contribution in [1.29, 1.82) is 0 Å². The van der Waals surface area contributed by atoms with Crippen LogP contribution in [0.25, 0.3) is 0 Å². The lowest BCUT2D eigenvalue weighted by Crippen LogP contribution is -2.22. The highest BCUT2D eigenvalue weighted by atomic mass is 16.5. The standard InChI is InChI=1S/C28H33NO5/c1-18-25(33-2)14-23(15-26(18)34-3)28(32)24(17-29-9-8-19(16-29)13-27(30)31)12-20-10-21-6-4-5-7-22(21)11-20/h4-9,14-16,20,24,28,32H,10-13,17H2,1-3H3,(H,30,31)/t24-,28-/m1/s1. The molecule has 0 amide bonds. The summed E-state index contributed by atoms with van der Waals surface area (Å²) in [6.07, 6.45) is 5.90. The number of benzene rings is 2. The van der Waals surface area contributed by atoms with Crippen molar-refractivity contribution >= 4 is 5.97 Å². The molecule has 1 aliphatic carbocycles. The maximum Gasteiger partial charge on any atom is 0.307 e. The van der Waals surface area contributed by atoms with Gasteiger partial charge >= 0.3 is 5.97 Å². The van der Waals surface area contributed by atoms with Crippen LogP contribution in [0.1, 0.15) is 40.3 Å². The average Bonchev–Trinajstić information content (AvgIpc) is 3.43. The number of ether oxygens (including phenoxy) is 2. The molecular formula is C28H33NO5. The summed E-state index contributed by atoms with van der Waals surface area (Å²) < 4.78 is 13.1. The van der Waals surface area contributed by atoms with Crippen molar-refractivity contribution in [3.8, 4) is 11.5 Å². The van der Waals surface area contributed by atoms with Crippen LogP contribution in [0.2, 0.25) is 0 Å². The Morgan fingerprint density at radius 2 is 1.71 bits per heavy atom. The van der Waals surface area contributed by atoms with Gasteiger partial charge < -0.3 is 24.3 Å². The Hall–Kier alpha value is -3.25. The van der Waals surface area contributed by atoms with Gasteiger partial charge in [-0.1, -0.05) is 24.3 Å². The third-order valence-electron chi connectivity index (χ3n) is 6.95. The van der Waals surface area contributed by atoms with E-state index in [-0.39, 0.29) is 12.3 Å². The second-order valence-corrected chi connectivity index (χ2v) is 9.32. The fourth-order valence-corrected chi connectivity index (χ4v) is 5.25. The number of nitrogens with zero attached hydrogens (tertiary/aromatic N) is 1. The normalized spacial score (nSPS) is 15.1. The van der Waals surface area contributed by atoms with Gasteiger partial charge in [-0.25, -0.2) is 0 Å². The first kappa shape index (κ1) is 23.9. The van der Waals surface area contributed by atoms with Crippen molar-refractivity contribution in [1.82, 2.24) is 4.57 Å². The van der Waals surface area contributed by atoms with Gasteiger partial charge in [0, 0.05) is 30.4 Å². The third-order valence-corrected chi connectivity index (χ3v) is 6.95. The van der Waals surface area contributed by atoms with Crippen molar-refractivity contribution in [2.45, 2.75) is 45.3 Å². The van der Waals surface area contributed by atoms with Crippen LogP contribution in [-0.4, -0.2) is 35.0 Å². The second kappa shape index (κ2) is 10.3. The van der Waals surface area contributed by atoms with Gasteiger partial charge in [-0.15, -0.1) is 0 Å². The topological polar surface area (TPSA) is 80.9 Å². The lowest BCUT2D eigenvalue weighted by Gasteiger charge is -2.27. The summed E-state index contributed by atoms with van der Waals surface area (Å²) in [7, 11) is 3.24. The fourth-order valence-electron chi connectivity index (χ4n) is 5.25. The van der Waals surface area contributed by atoms with Crippen molar-refractivity contribution in [2.24, 2.45) is 11.8 Å². The maximum absolute atomic E-state index is 11.6. The number of aliphatic hydroxyl groups excluding tert-OH is 1. The number of carbonyl (C=O) groups is 1. The first-order valence-electron chi connectivity index (χ1n) is 11.7. The molecule has 0 bridgehead atoms. The molecule has 1 heterocycles. The molecule has 0 fully saturated rings. The molecule has 0 aliphatic heterocycles. The molecule has 0 saturated carbocycles. The van der Waals surface area contributed by atoms with Gasteiger partial charge in [0.05, 0.1) is 26.7 Å². The number of carboxylic acids is 1. The van der Waals surface area contributed by atoms with Gasteiger partial charge in [0.2, 0.25) is 0 Å². The monoisotopic (exact) mass is 463 g/mol. The Morgan fingerprint density at radius 1 is 1.09 bits per heavy atom. The minimum Gasteiger partial charge on any atom is -0.496 e. The molecule has 0 radical (unpaired) electrons. The van der Waals surface area contributed by atoms with Crippen LogP contribution < -0.4 is 9.47 Å². The minimum atomic E-state index is -0.850. The highest BCUT2D eigenvalue weighted by Crippen LogP contribution is 2.39. The average molecular weight is 464 g/mol. The van der Waals surface area contributed by atoms with Crippen LogP contribution in [-0.2, 0) is 30.6 Å². The number of rotatable bonds is 10. The highest BCUT2D eigenvalue weighted by molar-refractivity contribution is 5.70. The molecule has 0 saturated heterocycles. The molecule has 1 aliphatic rings. The molecular weight excluding hydrogens is 430 g/mol. The van der Waals surface area contributed by atoms with Crippen LogP contribution in [0, 0.1) is 18.8 Å². The Balaban J connectivity index is 1.60. The van der Waals surface area contributed by atoms with E-state index in [1.54, 1.807) is 14.2 Å². The van der Waals surface area contributed by atoms with Crippen molar-refractivity contribution in [3.05, 3.63) is 82.7 Å². The van der Waals surface area contributed by atoms with Gasteiger partial charge in [0.15, 0.2) is 0 Å². The largest absolute Gasteiger partial charge is 0.496 e. The first-order chi connectivity index (χ1) is 16.4. The summed E-state index contributed by atoms with van der Waals surface area (Å²) in [6, 6.07) is 14.2. The molecule has 34 heavy (non-hydrogen) atoms. The van der Waals surface area contributed by atoms with E-state index in [1.807, 2.05) is 42.1 Å². The van der Waals surface area contributed by atoms with Crippen molar-refractivity contribution in [2.75, 3.05) is 14.2 Å². The Morgan fingerprint density at radius 3 is 2.26 bits per heavy atom. The number of aromatic nitrogens is 1. The highest BCUT2D eigenvalue weighted by Gasteiger charge is 2.30. The van der Waals surface area contributed by atoms with Gasteiger partial charge in [-0.3, -0.25) is 4.79 Å². The predicted octanol–water partition coefficient (Wildman–Crippen LogP) is 4.60. The molecule has 3 aromatic rings. The molecule has 6 heteroatoms. The van der Waals surface area contributed by atoms with E-state index < -0.39 is 12.1 Å². The van der Waals surface area contributed by atoms with Crippen molar-refractivity contribution in [3.63, 3.8) is 0 Å². The van der Waals surface area contributed by atoms with E-state index in [9.17, 15) is 9.90 Å². The predicted molar refractivity (Wildman–Crippen MR) is 130 cm³/mol. The van der Waals surface area contributed by atoms with Gasteiger partial charge in [-0.05, 0) is 72.6 Å². The number of fused-ring (bicyclic) bond motifs is 1. The smallest absolute Gasteiger partial charge is 0.307 e. The van der Waals surface area contributed by atoms with E-state index >= 15 is 0 Å². The van der Waals surface area contributed by atoms with Crippen LogP contribution >= 0.6 is 0 Å². The summed E-state index contributed by atoms with van der Waals surface area (Å²) in [5.41, 5.74) is 5.20. The van der Waals surface area contributed by atoms with E-state index in [0.29, 0.717) is 24.0 Å². The SMILES string of the molecule is COc1cc([C@@H](O)[C@H](CC2Cc3ccccc3C2)Cn2ccc(CC(=O)O)c2)cc(OC)c1C. The molecule has 4 rings (SSSR count). The maximum atomic E-state index is 11.6. The Bertz CT molecular complexity index is 1100. The summed E-state index contributed by atoms with van der Waals surface area (Å²) in [5.74, 6) is 0.897. The number of aliphatic hydroxyl groups is 1. The number of aliphatic carboxylic acids is 1. The summed E-state index contributed by atoms with van der Waals surface area (Å²) >= 11 is 0. The molecule has 2 aromatic carbocycles. The molecule has 0 spiro atoms. The number of hydrogen-bond donors (Lipinski definition) is 2. The molecule has 6 nitrogen and oxygen atoms in total. The summed E-state index contributed by atoms with van der Waals surface area (Å²) in [5, 5.41) is 20.7. The Labute approximate surface area is 200 Å². The lowest BCUT2D eigenvalue weighted by molar-refractivity contribution is -0.136. The molecule has 2 N–H and O–H groups in total. The van der Waals surface area contributed by atoms with Gasteiger partial charge in [0.25, 0.3) is 0 Å². The zero-order chi connectivity index (χ0) is 24.2. The lowest BCUT2D eigenvalue weighted by atomic mass is 9.85. The van der Waals surface area contributed by atoms with Crippen LogP contribution in [0.5, 0.6) is 11.5 Å². The zero-order valence-electron chi connectivity index (χ0n) is 20.0. The quantitative estimate of drug-likeness (QED) is 0.459. The van der Waals surface area contributed by atoms with E-state index in [1.165, 1.54) is 11.1 Å². The first-order valence-corrected chi connectivity index (χ1v) is 11.7. The number of carboxylic acid groups (broad SMARTS) is 1. The van der Waals surface area contributed by atoms with E-state index in [4.69, 9.17) is 14.6 Å². The van der Waals surface area contributed by atoms with E-state index in [0.717, 1.165) is 36.0 Å². The number of hydrogen-bond acceptors (Lipinski definition) is 4. The molecule has 0 unspecified atom stereocenters. The van der Waals surface area contributed by atoms with Crippen molar-refractivity contribution < 1.29 is 24.5 Å². The van der Waals surface area contributed by atoms with Crippen LogP contribution in [0.15, 0.2) is 54.9 Å².